The van der Waals surface area contributed by atoms with Gasteiger partial charge in [-0.1, -0.05) is 111 Å². The largest absolute Gasteiger partial charge is 0.445 e. The first-order valence-corrected chi connectivity index (χ1v) is 29.8. The highest BCUT2D eigenvalue weighted by molar-refractivity contribution is 7.09. The van der Waals surface area contributed by atoms with Crippen molar-refractivity contribution in [1.82, 2.24) is 41.0 Å². The maximum absolute atomic E-state index is 14.8. The summed E-state index contributed by atoms with van der Waals surface area (Å²) in [5.41, 5.74) is 13.2. The van der Waals surface area contributed by atoms with Crippen LogP contribution in [0.2, 0.25) is 0 Å². The number of primary amides is 1. The Hall–Kier alpha value is -6.69. The molecule has 1 fully saturated rings. The van der Waals surface area contributed by atoms with E-state index in [1.807, 2.05) is 70.3 Å². The smallest absolute Gasteiger partial charge is 0.410 e. The Labute approximate surface area is 494 Å². The van der Waals surface area contributed by atoms with Crippen molar-refractivity contribution in [3.63, 3.8) is 0 Å². The van der Waals surface area contributed by atoms with Crippen LogP contribution >= 0.6 is 11.3 Å². The molecule has 4 rings (SSSR count). The van der Waals surface area contributed by atoms with E-state index >= 15 is 0 Å². The summed E-state index contributed by atoms with van der Waals surface area (Å²) in [5.74, 6) is -4.10. The van der Waals surface area contributed by atoms with E-state index in [0.29, 0.717) is 49.9 Å². The number of nitrogens with two attached hydrogens (primary N) is 2. The number of rotatable bonds is 32. The Morgan fingerprint density at radius 2 is 1.47 bits per heavy atom. The lowest BCUT2D eigenvalue weighted by molar-refractivity contribution is -0.148. The summed E-state index contributed by atoms with van der Waals surface area (Å²) in [4.78, 5) is 118. The van der Waals surface area contributed by atoms with Crippen LogP contribution in [-0.4, -0.2) is 157 Å². The van der Waals surface area contributed by atoms with Crippen molar-refractivity contribution in [3.8, 4) is 0 Å². The van der Waals surface area contributed by atoms with Gasteiger partial charge in [0.15, 0.2) is 0 Å². The monoisotopic (exact) mass is 1180 g/mol. The van der Waals surface area contributed by atoms with Gasteiger partial charge in [0.1, 0.15) is 29.7 Å². The number of anilines is 1. The van der Waals surface area contributed by atoms with Gasteiger partial charge >= 0.3 is 12.1 Å². The average molecular weight is 1180 g/mol. The molecular weight excluding hydrogens is 1080 g/mol. The molecule has 3 aromatic rings. The summed E-state index contributed by atoms with van der Waals surface area (Å²) < 4.78 is 17.9. The fourth-order valence-electron chi connectivity index (χ4n) is 10.6. The molecule has 2 unspecified atom stereocenters. The number of carbonyl (C=O) groups is 8. The number of aromatic nitrogens is 1. The minimum atomic E-state index is -1.05. The number of thiazole rings is 1. The van der Waals surface area contributed by atoms with Crippen molar-refractivity contribution in [1.29, 1.82) is 0 Å². The summed E-state index contributed by atoms with van der Waals surface area (Å²) >= 11 is 1.48. The highest BCUT2D eigenvalue weighted by Crippen LogP contribution is 2.31. The van der Waals surface area contributed by atoms with Crippen LogP contribution in [0.1, 0.15) is 123 Å². The van der Waals surface area contributed by atoms with Crippen molar-refractivity contribution in [2.24, 2.45) is 41.1 Å². The van der Waals surface area contributed by atoms with Crippen LogP contribution in [0.5, 0.6) is 0 Å². The molecule has 23 heteroatoms. The zero-order chi connectivity index (χ0) is 61.7. The molecule has 22 nitrogen and oxygen atoms in total. The number of nitrogens with one attached hydrogen (secondary N) is 5. The summed E-state index contributed by atoms with van der Waals surface area (Å²) in [5, 5.41) is 16.8. The molecule has 0 spiro atoms. The average Bonchev–Trinajstić information content (AvgIpc) is 4.39. The second kappa shape index (κ2) is 33.6. The van der Waals surface area contributed by atoms with Crippen molar-refractivity contribution < 1.29 is 52.6 Å². The van der Waals surface area contributed by atoms with Gasteiger partial charge in [-0.3, -0.25) is 33.7 Å². The Kier molecular flexibility index (Phi) is 27.8. The Balaban J connectivity index is 1.41. The van der Waals surface area contributed by atoms with E-state index in [9.17, 15) is 38.4 Å². The molecule has 11 atom stereocenters. The fraction of sp³-hybridized carbons (Fsp3) is 0.617. The normalized spacial score (nSPS) is 17.0. The Morgan fingerprint density at radius 1 is 0.795 bits per heavy atom. The maximum Gasteiger partial charge on any atom is 0.410 e. The van der Waals surface area contributed by atoms with E-state index < -0.39 is 102 Å². The predicted molar refractivity (Wildman–Crippen MR) is 319 cm³/mol. The van der Waals surface area contributed by atoms with Crippen LogP contribution in [-0.2, 0) is 56.0 Å². The van der Waals surface area contributed by atoms with Crippen LogP contribution in [0, 0.1) is 29.6 Å². The second-order valence-electron chi connectivity index (χ2n) is 22.7. The Bertz CT molecular complexity index is 2560. The van der Waals surface area contributed by atoms with E-state index in [1.54, 1.807) is 82.1 Å². The number of urea groups is 1. The molecule has 460 valence electrons. The first-order valence-electron chi connectivity index (χ1n) is 28.9. The van der Waals surface area contributed by atoms with Gasteiger partial charge in [0.25, 0.3) is 0 Å². The van der Waals surface area contributed by atoms with Gasteiger partial charge < -0.3 is 62.1 Å². The molecule has 2 aromatic carbocycles. The topological polar surface area (TPSA) is 299 Å². The van der Waals surface area contributed by atoms with Crippen molar-refractivity contribution >= 4 is 64.6 Å². The SMILES string of the molecule is CCC(C)[C@@H]([C@@H](CC(=O)N1CCCC1[C@H](OC)[C@@H](C)C(=O)N[C@@H](Cc1ccccc1)c1nccs1)OC)N(C)C(=O)[C@@H](NC(=O)[C@H](C(C)C)N(C)C(=O)OCc1ccc(NC(=O)[C@H](CCCNC(N)=O)NC(=O)[C@@H](N)C(C)C)cc1)C(C)C. The predicted octanol–water partition coefficient (Wildman–Crippen LogP) is 5.75. The zero-order valence-electron chi connectivity index (χ0n) is 50.8. The highest BCUT2D eigenvalue weighted by atomic mass is 32.1. The summed E-state index contributed by atoms with van der Waals surface area (Å²) in [6, 6.07) is 10.5. The van der Waals surface area contributed by atoms with E-state index in [4.69, 9.17) is 25.7 Å². The van der Waals surface area contributed by atoms with Crippen LogP contribution < -0.4 is 38.1 Å². The van der Waals surface area contributed by atoms with Gasteiger partial charge in [-0.05, 0) is 79.0 Å². The molecule has 1 aromatic heterocycles. The first kappa shape index (κ1) is 68.8. The summed E-state index contributed by atoms with van der Waals surface area (Å²) in [6.07, 6.45) is 2.60. The van der Waals surface area contributed by atoms with E-state index in [0.717, 1.165) is 10.6 Å². The summed E-state index contributed by atoms with van der Waals surface area (Å²) in [7, 11) is 6.20. The molecule has 83 heavy (non-hydrogen) atoms. The van der Waals surface area contributed by atoms with Crippen molar-refractivity contribution in [3.05, 3.63) is 82.3 Å². The lowest BCUT2D eigenvalue weighted by Gasteiger charge is -2.41. The third-order valence-corrected chi connectivity index (χ3v) is 16.5. The minimum Gasteiger partial charge on any atom is -0.445 e. The van der Waals surface area contributed by atoms with E-state index in [-0.39, 0.29) is 55.7 Å². The number of methoxy groups -OCH3 is 2. The van der Waals surface area contributed by atoms with Gasteiger partial charge in [-0.15, -0.1) is 11.3 Å². The standard InChI is InChI=1S/C60H93N11O11S/c1-14-38(8)51(46(80-12)33-47(72)71-30-19-23-45(71)52(81-13)39(9)53(73)67-44(57-63-29-31-83-57)32-40-20-16-15-17-21-40)69(10)58(77)49(36(4)5)68-56(76)50(37(6)7)70(11)60(79)82-34-41-24-26-42(27-25-41)65-54(74)43(22-18-28-64-59(62)78)66-55(75)48(61)35(2)3/h15-17,20-21,24-27,29,31,35-39,43-46,48-52H,14,18-19,22-23,28,30,32-34,61H2,1-13H3,(H,65,74)(H,66,75)(H,67,73)(H,68,76)(H3,62,64,78)/t38?,39-,43+,44+,45?,46-,48+,49+,50+,51+,52-/m1/s1. The van der Waals surface area contributed by atoms with Gasteiger partial charge in [0, 0.05) is 58.7 Å². The minimum absolute atomic E-state index is 0.0580. The number of amides is 9. The molecule has 0 bridgehead atoms. The number of carbonyl (C=O) groups excluding carboxylic acids is 8. The molecule has 0 radical (unpaired) electrons. The third-order valence-electron chi connectivity index (χ3n) is 15.6. The number of nitrogens with zero attached hydrogens (tertiary/aromatic N) is 4. The third kappa shape index (κ3) is 20.0. The van der Waals surface area contributed by atoms with Crippen LogP contribution in [0.4, 0.5) is 15.3 Å². The number of hydrogen-bond donors (Lipinski definition) is 7. The van der Waals surface area contributed by atoms with E-state index in [2.05, 4.69) is 31.6 Å². The number of likely N-dealkylation sites (N-methyl/N-ethyl adjacent to an activating group) is 2. The quantitative estimate of drug-likeness (QED) is 0.0367. The lowest BCUT2D eigenvalue weighted by Crippen LogP contribution is -2.60. The number of likely N-dealkylation sites (tertiary alicyclic amines) is 1. The molecule has 0 saturated carbocycles. The van der Waals surface area contributed by atoms with Crippen molar-refractivity contribution in [2.75, 3.05) is 46.7 Å². The zero-order valence-corrected chi connectivity index (χ0v) is 51.7. The van der Waals surface area contributed by atoms with Crippen LogP contribution in [0.15, 0.2) is 66.2 Å². The maximum atomic E-state index is 14.8. The molecule has 9 amide bonds. The molecule has 1 saturated heterocycles. The number of ether oxygens (including phenoxy) is 3. The lowest BCUT2D eigenvalue weighted by atomic mass is 9.89. The summed E-state index contributed by atoms with van der Waals surface area (Å²) in [6.45, 7) is 17.1. The molecule has 9 N–H and O–H groups in total. The molecular formula is C60H93N11O11S. The number of benzene rings is 2. The number of hydrogen-bond acceptors (Lipinski definition) is 14. The van der Waals surface area contributed by atoms with Gasteiger partial charge in [-0.2, -0.15) is 0 Å². The highest BCUT2D eigenvalue weighted by Gasteiger charge is 2.44. The van der Waals surface area contributed by atoms with Gasteiger partial charge in [-0.25, -0.2) is 14.6 Å². The van der Waals surface area contributed by atoms with Gasteiger partial charge in [0.2, 0.25) is 35.4 Å². The molecule has 2 heterocycles. The van der Waals surface area contributed by atoms with Gasteiger partial charge in [0.05, 0.1) is 48.7 Å². The Morgan fingerprint density at radius 3 is 2.04 bits per heavy atom. The van der Waals surface area contributed by atoms with Crippen molar-refractivity contribution in [2.45, 2.75) is 168 Å². The molecule has 1 aliphatic heterocycles. The van der Waals surface area contributed by atoms with Crippen LogP contribution in [0.25, 0.3) is 0 Å². The first-order chi connectivity index (χ1) is 39.3. The second-order valence-corrected chi connectivity index (χ2v) is 23.7. The molecule has 0 aliphatic carbocycles. The fourth-order valence-corrected chi connectivity index (χ4v) is 11.3. The van der Waals surface area contributed by atoms with Crippen LogP contribution in [0.3, 0.4) is 0 Å². The molecule has 1 aliphatic rings. The van der Waals surface area contributed by atoms with E-state index in [1.165, 1.54) is 30.4 Å².